The molecule has 122 valence electrons. The Balaban J connectivity index is 1.81. The van der Waals surface area contributed by atoms with Crippen LogP contribution in [0.15, 0.2) is 67.0 Å². The zero-order valence-electron chi connectivity index (χ0n) is 13.5. The smallest absolute Gasteiger partial charge is 0.274 e. The number of amides is 1. The van der Waals surface area contributed by atoms with Gasteiger partial charge in [0.25, 0.3) is 5.91 Å². The Kier molecular flexibility index (Phi) is 4.67. The van der Waals surface area contributed by atoms with Gasteiger partial charge in [-0.05, 0) is 30.3 Å². The van der Waals surface area contributed by atoms with Crippen LogP contribution in [0.1, 0.15) is 16.1 Å². The van der Waals surface area contributed by atoms with Crippen LogP contribution in [-0.2, 0) is 0 Å². The maximum atomic E-state index is 12.4. The summed E-state index contributed by atoms with van der Waals surface area (Å²) in [7, 11) is 1.87. The molecule has 1 N–H and O–H groups in total. The Labute approximate surface area is 145 Å². The van der Waals surface area contributed by atoms with Gasteiger partial charge in [-0.15, -0.1) is 0 Å². The van der Waals surface area contributed by atoms with E-state index in [4.69, 9.17) is 5.26 Å². The average Bonchev–Trinajstić information content (AvgIpc) is 2.68. The van der Waals surface area contributed by atoms with Crippen LogP contribution < -0.4 is 10.2 Å². The van der Waals surface area contributed by atoms with E-state index in [9.17, 15) is 4.79 Å². The molecule has 1 aromatic heterocycles. The monoisotopic (exact) mass is 329 g/mol. The number of anilines is 3. The van der Waals surface area contributed by atoms with E-state index in [-0.39, 0.29) is 11.6 Å². The lowest BCUT2D eigenvalue weighted by Crippen LogP contribution is -2.17. The second-order valence-corrected chi connectivity index (χ2v) is 5.30. The molecular formula is C19H15N5O. The molecule has 0 aliphatic carbocycles. The van der Waals surface area contributed by atoms with Crippen LogP contribution in [-0.4, -0.2) is 22.9 Å². The summed E-state index contributed by atoms with van der Waals surface area (Å²) in [5.41, 5.74) is 2.22. The molecule has 3 aromatic rings. The quantitative estimate of drug-likeness (QED) is 0.793. The van der Waals surface area contributed by atoms with E-state index in [0.717, 1.165) is 5.69 Å². The van der Waals surface area contributed by atoms with E-state index in [1.807, 2.05) is 48.3 Å². The zero-order chi connectivity index (χ0) is 17.6. The number of hydrogen-bond donors (Lipinski definition) is 1. The maximum absolute atomic E-state index is 12.4. The third-order valence-corrected chi connectivity index (χ3v) is 3.62. The number of nitriles is 1. The van der Waals surface area contributed by atoms with Crippen LogP contribution >= 0.6 is 0 Å². The summed E-state index contributed by atoms with van der Waals surface area (Å²) in [6, 6.07) is 20.1. The fraction of sp³-hybridized carbons (Fsp3) is 0.0526. The lowest BCUT2D eigenvalue weighted by molar-refractivity contribution is 0.102. The van der Waals surface area contributed by atoms with Crippen molar-refractivity contribution in [2.75, 3.05) is 17.3 Å². The minimum atomic E-state index is -0.361. The van der Waals surface area contributed by atoms with Gasteiger partial charge in [0.1, 0.15) is 17.8 Å². The summed E-state index contributed by atoms with van der Waals surface area (Å²) in [5, 5.41) is 11.7. The van der Waals surface area contributed by atoms with Crippen LogP contribution in [0.2, 0.25) is 0 Å². The fourth-order valence-corrected chi connectivity index (χ4v) is 2.30. The SMILES string of the molecule is CN(c1ccccc1)c1cc(C(=O)Nc2cccc(C#N)c2)ncn1. The molecule has 0 spiro atoms. The van der Waals surface area contributed by atoms with Crippen molar-refractivity contribution < 1.29 is 4.79 Å². The second-order valence-electron chi connectivity index (χ2n) is 5.30. The van der Waals surface area contributed by atoms with Crippen LogP contribution in [0.4, 0.5) is 17.2 Å². The number of carbonyl (C=O) groups excluding carboxylic acids is 1. The first-order valence-electron chi connectivity index (χ1n) is 7.60. The van der Waals surface area contributed by atoms with Crippen LogP contribution in [0, 0.1) is 11.3 Å². The lowest BCUT2D eigenvalue weighted by Gasteiger charge is -2.18. The predicted molar refractivity (Wildman–Crippen MR) is 95.6 cm³/mol. The van der Waals surface area contributed by atoms with Gasteiger partial charge < -0.3 is 10.2 Å². The largest absolute Gasteiger partial charge is 0.329 e. The standard InChI is InChI=1S/C19H15N5O/c1-24(16-8-3-2-4-9-16)18-11-17(21-13-22-18)19(25)23-15-7-5-6-14(10-15)12-20/h2-11,13H,1H3,(H,23,25). The molecule has 0 saturated carbocycles. The predicted octanol–water partition coefficient (Wildman–Crippen LogP) is 3.37. The molecule has 6 nitrogen and oxygen atoms in total. The van der Waals surface area contributed by atoms with E-state index < -0.39 is 0 Å². The third-order valence-electron chi connectivity index (χ3n) is 3.62. The molecule has 0 saturated heterocycles. The van der Waals surface area contributed by atoms with Crippen molar-refractivity contribution in [2.45, 2.75) is 0 Å². The number of rotatable bonds is 4. The van der Waals surface area contributed by atoms with Crippen LogP contribution in [0.25, 0.3) is 0 Å². The van der Waals surface area contributed by atoms with Crippen molar-refractivity contribution in [3.63, 3.8) is 0 Å². The van der Waals surface area contributed by atoms with E-state index in [1.54, 1.807) is 30.3 Å². The molecule has 0 aliphatic heterocycles. The van der Waals surface area contributed by atoms with Gasteiger partial charge in [0.05, 0.1) is 11.6 Å². The van der Waals surface area contributed by atoms with Crippen LogP contribution in [0.5, 0.6) is 0 Å². The van der Waals surface area contributed by atoms with Gasteiger partial charge in [-0.3, -0.25) is 4.79 Å². The molecule has 0 fully saturated rings. The molecule has 25 heavy (non-hydrogen) atoms. The van der Waals surface area contributed by atoms with E-state index >= 15 is 0 Å². The summed E-state index contributed by atoms with van der Waals surface area (Å²) in [6.07, 6.45) is 1.36. The molecule has 0 aliphatic rings. The lowest BCUT2D eigenvalue weighted by atomic mass is 10.2. The zero-order valence-corrected chi connectivity index (χ0v) is 13.5. The van der Waals surface area contributed by atoms with Gasteiger partial charge in [0, 0.05) is 24.5 Å². The molecule has 0 unspecified atom stereocenters. The Morgan fingerprint density at radius 2 is 1.88 bits per heavy atom. The number of carbonyl (C=O) groups is 1. The number of hydrogen-bond acceptors (Lipinski definition) is 5. The van der Waals surface area contributed by atoms with E-state index in [2.05, 4.69) is 15.3 Å². The number of nitrogens with zero attached hydrogens (tertiary/aromatic N) is 4. The minimum Gasteiger partial charge on any atom is -0.329 e. The summed E-state index contributed by atoms with van der Waals surface area (Å²) < 4.78 is 0. The van der Waals surface area contributed by atoms with Gasteiger partial charge in [-0.2, -0.15) is 5.26 Å². The van der Waals surface area contributed by atoms with Crippen LogP contribution in [0.3, 0.4) is 0 Å². The summed E-state index contributed by atoms with van der Waals surface area (Å²) >= 11 is 0. The highest BCUT2D eigenvalue weighted by Crippen LogP contribution is 2.21. The molecule has 1 amide bonds. The summed E-state index contributed by atoms with van der Waals surface area (Å²) in [6.45, 7) is 0. The van der Waals surface area contributed by atoms with E-state index in [0.29, 0.717) is 17.1 Å². The van der Waals surface area contributed by atoms with Crippen molar-refractivity contribution in [2.24, 2.45) is 0 Å². The van der Waals surface area contributed by atoms with Crippen molar-refractivity contribution >= 4 is 23.1 Å². The molecule has 0 radical (unpaired) electrons. The van der Waals surface area contributed by atoms with Gasteiger partial charge in [-0.25, -0.2) is 9.97 Å². The highest BCUT2D eigenvalue weighted by atomic mass is 16.1. The van der Waals surface area contributed by atoms with Gasteiger partial charge >= 0.3 is 0 Å². The highest BCUT2D eigenvalue weighted by Gasteiger charge is 2.12. The summed E-state index contributed by atoms with van der Waals surface area (Å²) in [5.74, 6) is 0.248. The van der Waals surface area contributed by atoms with Gasteiger partial charge in [0.15, 0.2) is 0 Å². The van der Waals surface area contributed by atoms with Crippen molar-refractivity contribution in [1.29, 1.82) is 5.26 Å². The molecule has 1 heterocycles. The Morgan fingerprint density at radius 1 is 1.08 bits per heavy atom. The second kappa shape index (κ2) is 7.23. The summed E-state index contributed by atoms with van der Waals surface area (Å²) in [4.78, 5) is 22.6. The molecule has 6 heteroatoms. The van der Waals surface area contributed by atoms with Crippen molar-refractivity contribution in [3.05, 3.63) is 78.2 Å². The Morgan fingerprint density at radius 3 is 2.64 bits per heavy atom. The van der Waals surface area contributed by atoms with Gasteiger partial charge in [0.2, 0.25) is 0 Å². The molecule has 2 aromatic carbocycles. The molecule has 0 bridgehead atoms. The van der Waals surface area contributed by atoms with Crippen molar-refractivity contribution in [3.8, 4) is 6.07 Å². The maximum Gasteiger partial charge on any atom is 0.274 e. The Hall–Kier alpha value is -3.72. The first-order valence-corrected chi connectivity index (χ1v) is 7.60. The molecule has 0 atom stereocenters. The molecular weight excluding hydrogens is 314 g/mol. The normalized spacial score (nSPS) is 9.92. The van der Waals surface area contributed by atoms with Crippen molar-refractivity contribution in [1.82, 2.24) is 9.97 Å². The number of nitrogens with one attached hydrogen (secondary N) is 1. The van der Waals surface area contributed by atoms with E-state index in [1.165, 1.54) is 6.33 Å². The average molecular weight is 329 g/mol. The number of benzene rings is 2. The topological polar surface area (TPSA) is 81.9 Å². The minimum absolute atomic E-state index is 0.246. The Bertz CT molecular complexity index is 934. The van der Waals surface area contributed by atoms with Gasteiger partial charge in [-0.1, -0.05) is 24.3 Å². The first-order chi connectivity index (χ1) is 12.2. The first kappa shape index (κ1) is 16.1. The molecule has 3 rings (SSSR count). The third kappa shape index (κ3) is 3.79. The number of aromatic nitrogens is 2. The number of para-hydroxylation sites is 1. The fourth-order valence-electron chi connectivity index (χ4n) is 2.30. The highest BCUT2D eigenvalue weighted by molar-refractivity contribution is 6.03.